The van der Waals surface area contributed by atoms with Crippen molar-refractivity contribution in [3.05, 3.63) is 0 Å². The number of nitrogens with zero attached hydrogens (tertiary/aromatic N) is 1. The molecule has 0 aromatic carbocycles. The van der Waals surface area contributed by atoms with Gasteiger partial charge in [-0.25, -0.2) is 0 Å². The molecule has 7 nitrogen and oxygen atoms in total. The second-order valence-electron chi connectivity index (χ2n) is 1.91. The lowest BCUT2D eigenvalue weighted by Crippen LogP contribution is -1.99. The first kappa shape index (κ1) is 18.1. The maximum atomic E-state index is 8.74. The molecule has 0 bridgehead atoms. The predicted molar refractivity (Wildman–Crippen MR) is 46.5 cm³/mol. The molecule has 9 heteroatoms. The molecule has 0 amide bonds. The van der Waals surface area contributed by atoms with Crippen molar-refractivity contribution in [1.29, 1.82) is 0 Å². The highest BCUT2D eigenvalue weighted by Crippen LogP contribution is 1.98. The van der Waals surface area contributed by atoms with Crippen LogP contribution < -0.4 is 0 Å². The van der Waals surface area contributed by atoms with E-state index < -0.39 is 16.5 Å². The molecule has 0 aliphatic heterocycles. The van der Waals surface area contributed by atoms with Gasteiger partial charge in [-0.3, -0.25) is 9.13 Å². The van der Waals surface area contributed by atoms with Crippen molar-refractivity contribution < 1.29 is 28.7 Å². The summed E-state index contributed by atoms with van der Waals surface area (Å²) in [5, 5.41) is 0. The lowest BCUT2D eigenvalue weighted by molar-refractivity contribution is 0.403. The Kier molecular flexibility index (Phi) is 20.9. The minimum absolute atomic E-state index is 2.00. The van der Waals surface area contributed by atoms with Gasteiger partial charge >= 0.3 is 16.5 Å². The van der Waals surface area contributed by atoms with Crippen LogP contribution in [0, 0.1) is 0 Å². The molecule has 0 saturated carbocycles. The van der Waals surface area contributed by atoms with Crippen molar-refractivity contribution in [2.24, 2.45) is 0 Å². The second kappa shape index (κ2) is 13.8. The molecular weight excluding hydrogens is 208 g/mol. The van der Waals surface area contributed by atoms with E-state index >= 15 is 0 Å². The number of hydrogen-bond acceptors (Lipinski definition) is 3. The fourth-order valence-corrected chi connectivity index (χ4v) is 0. The Morgan fingerprint density at radius 1 is 0.833 bits per heavy atom. The average Bonchev–Trinajstić information content (AvgIpc) is 1.54. The third-order valence-electron chi connectivity index (χ3n) is 0. The lowest BCUT2D eigenvalue weighted by atomic mass is 11.0. The summed E-state index contributed by atoms with van der Waals surface area (Å²) in [4.78, 5) is 30.6. The first-order valence-corrected chi connectivity index (χ1v) is 5.25. The molecule has 4 N–H and O–H groups in total. The normalized spacial score (nSPS) is 8.83. The molecule has 0 fully saturated rings. The van der Waals surface area contributed by atoms with Crippen LogP contribution in [0.15, 0.2) is 0 Å². The smallest absolute Gasteiger partial charge is 0.314 e. The van der Waals surface area contributed by atoms with E-state index in [0.29, 0.717) is 0 Å². The highest BCUT2D eigenvalue weighted by atomic mass is 31.1. The zero-order valence-corrected chi connectivity index (χ0v) is 9.05. The Balaban J connectivity index is -0.000000101. The molecular formula is C3H15NO6P2. The molecule has 12 heavy (non-hydrogen) atoms. The van der Waals surface area contributed by atoms with Gasteiger partial charge in [-0.05, 0) is 21.1 Å². The van der Waals surface area contributed by atoms with Crippen molar-refractivity contribution in [1.82, 2.24) is 4.90 Å². The van der Waals surface area contributed by atoms with Crippen molar-refractivity contribution >= 4 is 16.5 Å². The van der Waals surface area contributed by atoms with Gasteiger partial charge in [-0.1, -0.05) is 0 Å². The quantitative estimate of drug-likeness (QED) is 0.385. The van der Waals surface area contributed by atoms with Gasteiger partial charge in [-0.15, -0.1) is 0 Å². The van der Waals surface area contributed by atoms with E-state index in [1.54, 1.807) is 0 Å². The summed E-state index contributed by atoms with van der Waals surface area (Å²) in [6.45, 7) is 0. The summed E-state index contributed by atoms with van der Waals surface area (Å²) < 4.78 is 17.5. The highest BCUT2D eigenvalue weighted by Gasteiger charge is 1.62. The molecule has 0 rings (SSSR count). The van der Waals surface area contributed by atoms with E-state index in [9.17, 15) is 0 Å². The minimum atomic E-state index is -3.13. The maximum Gasteiger partial charge on any atom is 0.314 e. The third kappa shape index (κ3) is 13000. The number of rotatable bonds is 0. The Bertz CT molecular complexity index is 105. The average molecular weight is 223 g/mol. The van der Waals surface area contributed by atoms with Gasteiger partial charge in [0.05, 0.1) is 0 Å². The first-order valence-electron chi connectivity index (χ1n) is 2.64. The Hall–Kier alpha value is 0.260. The first-order chi connectivity index (χ1) is 5.20. The van der Waals surface area contributed by atoms with Crippen LogP contribution in [0.3, 0.4) is 0 Å². The van der Waals surface area contributed by atoms with E-state index in [4.69, 9.17) is 28.7 Å². The van der Waals surface area contributed by atoms with Crippen LogP contribution in [0.1, 0.15) is 0 Å². The largest absolute Gasteiger partial charge is 0.326 e. The molecule has 0 aromatic rings. The molecule has 0 aliphatic carbocycles. The molecule has 0 aromatic heterocycles. The van der Waals surface area contributed by atoms with E-state index in [2.05, 4.69) is 0 Å². The molecule has 0 atom stereocenters. The summed E-state index contributed by atoms with van der Waals surface area (Å²) in [6, 6.07) is 0. The Morgan fingerprint density at radius 2 is 0.833 bits per heavy atom. The minimum Gasteiger partial charge on any atom is -0.326 e. The summed E-state index contributed by atoms with van der Waals surface area (Å²) in [7, 11) is -0.259. The summed E-state index contributed by atoms with van der Waals surface area (Å²) >= 11 is 0. The van der Waals surface area contributed by atoms with Crippen molar-refractivity contribution in [3.8, 4) is 0 Å². The van der Waals surface area contributed by atoms with Gasteiger partial charge in [0.25, 0.3) is 0 Å². The van der Waals surface area contributed by atoms with Crippen LogP contribution in [0.2, 0.25) is 0 Å². The fourth-order valence-electron chi connectivity index (χ4n) is 0. The van der Waals surface area contributed by atoms with Gasteiger partial charge in [0, 0.05) is 0 Å². The zero-order valence-electron chi connectivity index (χ0n) is 7.05. The van der Waals surface area contributed by atoms with E-state index in [0.717, 1.165) is 0 Å². The van der Waals surface area contributed by atoms with E-state index in [1.807, 2.05) is 26.0 Å². The SMILES string of the molecule is CN(C)C.O=[PH](O)O.O=[PH](O)O. The Labute approximate surface area is 72.2 Å². The monoisotopic (exact) mass is 223 g/mol. The molecule has 0 saturated heterocycles. The molecule has 0 unspecified atom stereocenters. The van der Waals surface area contributed by atoms with Crippen LogP contribution in [-0.4, -0.2) is 45.6 Å². The van der Waals surface area contributed by atoms with Crippen LogP contribution >= 0.6 is 16.5 Å². The summed E-state index contributed by atoms with van der Waals surface area (Å²) in [6.07, 6.45) is 0. The maximum absolute atomic E-state index is 8.74. The topological polar surface area (TPSA) is 118 Å². The molecule has 0 aliphatic rings. The van der Waals surface area contributed by atoms with Gasteiger partial charge in [0.2, 0.25) is 0 Å². The summed E-state index contributed by atoms with van der Waals surface area (Å²) in [5.41, 5.74) is 0. The third-order valence-corrected chi connectivity index (χ3v) is 0. The van der Waals surface area contributed by atoms with Crippen LogP contribution in [0.25, 0.3) is 0 Å². The molecule has 78 valence electrons. The van der Waals surface area contributed by atoms with Gasteiger partial charge in [-0.2, -0.15) is 0 Å². The molecule has 0 spiro atoms. The van der Waals surface area contributed by atoms with Crippen molar-refractivity contribution in [3.63, 3.8) is 0 Å². The van der Waals surface area contributed by atoms with E-state index in [1.165, 1.54) is 0 Å². The standard InChI is InChI=1S/C3H9N.2H3O3P/c3*1-4(2)3/h1-3H3;2*4H,(H2,1,2,3). The van der Waals surface area contributed by atoms with Gasteiger partial charge in [0.15, 0.2) is 0 Å². The van der Waals surface area contributed by atoms with Crippen molar-refractivity contribution in [2.45, 2.75) is 0 Å². The summed E-state index contributed by atoms with van der Waals surface area (Å²) in [5.74, 6) is 0. The van der Waals surface area contributed by atoms with Gasteiger partial charge < -0.3 is 24.5 Å². The fraction of sp³-hybridized carbons (Fsp3) is 1.00. The Morgan fingerprint density at radius 3 is 0.833 bits per heavy atom. The van der Waals surface area contributed by atoms with Crippen LogP contribution in [0.4, 0.5) is 0 Å². The number of hydrogen-bond donors (Lipinski definition) is 4. The molecule has 0 heterocycles. The van der Waals surface area contributed by atoms with Crippen LogP contribution in [-0.2, 0) is 9.13 Å². The van der Waals surface area contributed by atoms with Gasteiger partial charge in [0.1, 0.15) is 0 Å². The molecule has 0 radical (unpaired) electrons. The van der Waals surface area contributed by atoms with Crippen LogP contribution in [0.5, 0.6) is 0 Å². The highest BCUT2D eigenvalue weighted by molar-refractivity contribution is 7.31. The second-order valence-corrected chi connectivity index (χ2v) is 3.04. The lowest BCUT2D eigenvalue weighted by Gasteiger charge is -1.90. The predicted octanol–water partition coefficient (Wildman–Crippen LogP) is -1.10. The van der Waals surface area contributed by atoms with Crippen molar-refractivity contribution in [2.75, 3.05) is 21.1 Å². The zero-order chi connectivity index (χ0) is 10.7. The van der Waals surface area contributed by atoms with E-state index in [-0.39, 0.29) is 0 Å².